The molecule has 0 aromatic carbocycles. The lowest BCUT2D eigenvalue weighted by Gasteiger charge is -2.03. The van der Waals surface area contributed by atoms with Crippen molar-refractivity contribution >= 4 is 11.8 Å². The molecule has 2 N–H and O–H groups in total. The van der Waals surface area contributed by atoms with Gasteiger partial charge in [-0.25, -0.2) is 0 Å². The Kier molecular flexibility index (Phi) is 3.38. The lowest BCUT2D eigenvalue weighted by Crippen LogP contribution is -2.11. The summed E-state index contributed by atoms with van der Waals surface area (Å²) >= 11 is 1.76. The maximum Gasteiger partial charge on any atom is 0.243 e. The Labute approximate surface area is 69.5 Å². The van der Waals surface area contributed by atoms with Crippen LogP contribution in [0.25, 0.3) is 0 Å². The number of aromatic nitrogens is 2. The number of nitrogens with zero attached hydrogens (tertiary/aromatic N) is 2. The lowest BCUT2D eigenvalue weighted by atomic mass is 10.2. The molecule has 0 spiro atoms. The Morgan fingerprint density at radius 3 is 3.18 bits per heavy atom. The summed E-state index contributed by atoms with van der Waals surface area (Å²) in [5.41, 5.74) is 5.72. The van der Waals surface area contributed by atoms with Gasteiger partial charge in [-0.1, -0.05) is 5.16 Å². The summed E-state index contributed by atoms with van der Waals surface area (Å²) in [5, 5.41) is 3.48. The fourth-order valence-corrected chi connectivity index (χ4v) is 1.20. The summed E-state index contributed by atoms with van der Waals surface area (Å²) in [6.45, 7) is 0. The lowest BCUT2D eigenvalue weighted by molar-refractivity contribution is 0.352. The fourth-order valence-electron chi connectivity index (χ4n) is 0.713. The van der Waals surface area contributed by atoms with E-state index in [4.69, 9.17) is 10.3 Å². The Hall–Kier alpha value is -0.550. The van der Waals surface area contributed by atoms with Crippen molar-refractivity contribution in [3.8, 4) is 0 Å². The SMILES string of the molecule is CSCC[C@@H](N)c1ncno1. The van der Waals surface area contributed by atoms with Crippen LogP contribution in [0.4, 0.5) is 0 Å². The largest absolute Gasteiger partial charge is 0.338 e. The van der Waals surface area contributed by atoms with E-state index in [2.05, 4.69) is 10.1 Å². The molecular formula is C6H11N3OS. The number of hydrogen-bond donors (Lipinski definition) is 1. The monoisotopic (exact) mass is 173 g/mol. The van der Waals surface area contributed by atoms with Gasteiger partial charge in [0.1, 0.15) is 0 Å². The first kappa shape index (κ1) is 8.55. The molecule has 0 fully saturated rings. The van der Waals surface area contributed by atoms with E-state index in [1.165, 1.54) is 6.33 Å². The van der Waals surface area contributed by atoms with E-state index in [0.29, 0.717) is 5.89 Å². The molecule has 0 bridgehead atoms. The number of thioether (sulfide) groups is 1. The van der Waals surface area contributed by atoms with Crippen LogP contribution >= 0.6 is 11.8 Å². The van der Waals surface area contributed by atoms with Crippen LogP contribution in [-0.2, 0) is 0 Å². The summed E-state index contributed by atoms with van der Waals surface area (Å²) in [5.74, 6) is 1.54. The van der Waals surface area contributed by atoms with Crippen molar-refractivity contribution in [1.82, 2.24) is 10.1 Å². The summed E-state index contributed by atoms with van der Waals surface area (Å²) in [7, 11) is 0. The minimum atomic E-state index is -0.107. The Balaban J connectivity index is 2.36. The van der Waals surface area contributed by atoms with E-state index in [9.17, 15) is 0 Å². The molecule has 5 heteroatoms. The molecule has 62 valence electrons. The minimum Gasteiger partial charge on any atom is -0.338 e. The maximum atomic E-state index is 5.72. The summed E-state index contributed by atoms with van der Waals surface area (Å²) in [6, 6.07) is -0.107. The maximum absolute atomic E-state index is 5.72. The average molecular weight is 173 g/mol. The van der Waals surface area contributed by atoms with E-state index < -0.39 is 0 Å². The normalized spacial score (nSPS) is 13.3. The van der Waals surface area contributed by atoms with Crippen LogP contribution in [-0.4, -0.2) is 22.1 Å². The van der Waals surface area contributed by atoms with Crippen LogP contribution in [0.1, 0.15) is 18.4 Å². The van der Waals surface area contributed by atoms with Gasteiger partial charge >= 0.3 is 0 Å². The molecule has 0 saturated carbocycles. The molecule has 0 amide bonds. The van der Waals surface area contributed by atoms with Gasteiger partial charge in [0.05, 0.1) is 6.04 Å². The molecule has 4 nitrogen and oxygen atoms in total. The molecule has 1 aromatic rings. The number of rotatable bonds is 4. The first-order chi connectivity index (χ1) is 5.34. The van der Waals surface area contributed by atoms with E-state index in [1.807, 2.05) is 6.26 Å². The van der Waals surface area contributed by atoms with Crippen LogP contribution in [0.2, 0.25) is 0 Å². The number of nitrogens with two attached hydrogens (primary N) is 1. The standard InChI is InChI=1S/C6H11N3OS/c1-11-3-2-5(7)6-8-4-9-10-6/h4-5H,2-3,7H2,1H3/t5-/m1/s1. The first-order valence-electron chi connectivity index (χ1n) is 3.35. The predicted octanol–water partition coefficient (Wildman–Crippen LogP) is 0.823. The van der Waals surface area contributed by atoms with Gasteiger partial charge in [0, 0.05) is 0 Å². The molecule has 1 heterocycles. The van der Waals surface area contributed by atoms with Crippen LogP contribution in [0.5, 0.6) is 0 Å². The molecule has 1 rings (SSSR count). The highest BCUT2D eigenvalue weighted by Crippen LogP contribution is 2.11. The molecule has 1 atom stereocenters. The third-order valence-electron chi connectivity index (χ3n) is 1.33. The second kappa shape index (κ2) is 4.35. The van der Waals surface area contributed by atoms with Crippen molar-refractivity contribution in [1.29, 1.82) is 0 Å². The van der Waals surface area contributed by atoms with E-state index in [-0.39, 0.29) is 6.04 Å². The van der Waals surface area contributed by atoms with Gasteiger partial charge in [-0.05, 0) is 18.4 Å². The minimum absolute atomic E-state index is 0.107. The van der Waals surface area contributed by atoms with Crippen LogP contribution < -0.4 is 5.73 Å². The van der Waals surface area contributed by atoms with Gasteiger partial charge in [-0.2, -0.15) is 16.7 Å². The molecule has 0 radical (unpaired) electrons. The second-order valence-corrected chi connectivity index (χ2v) is 3.15. The molecule has 0 unspecified atom stereocenters. The van der Waals surface area contributed by atoms with Crippen LogP contribution in [0, 0.1) is 0 Å². The molecular weight excluding hydrogens is 162 g/mol. The van der Waals surface area contributed by atoms with Gasteiger partial charge in [0.15, 0.2) is 6.33 Å². The molecule has 11 heavy (non-hydrogen) atoms. The van der Waals surface area contributed by atoms with Gasteiger partial charge in [0.25, 0.3) is 0 Å². The van der Waals surface area contributed by atoms with Crippen molar-refractivity contribution < 1.29 is 4.52 Å². The predicted molar refractivity (Wildman–Crippen MR) is 44.2 cm³/mol. The Morgan fingerprint density at radius 1 is 1.82 bits per heavy atom. The van der Waals surface area contributed by atoms with E-state index in [0.717, 1.165) is 12.2 Å². The zero-order chi connectivity index (χ0) is 8.10. The first-order valence-corrected chi connectivity index (χ1v) is 4.75. The van der Waals surface area contributed by atoms with Gasteiger partial charge in [-0.3, -0.25) is 0 Å². The topological polar surface area (TPSA) is 64.9 Å². The van der Waals surface area contributed by atoms with Crippen molar-refractivity contribution in [2.75, 3.05) is 12.0 Å². The van der Waals surface area contributed by atoms with Gasteiger partial charge in [-0.15, -0.1) is 0 Å². The third kappa shape index (κ3) is 2.51. The van der Waals surface area contributed by atoms with Gasteiger partial charge < -0.3 is 10.3 Å². The second-order valence-electron chi connectivity index (χ2n) is 2.17. The van der Waals surface area contributed by atoms with Crippen molar-refractivity contribution in [2.45, 2.75) is 12.5 Å². The van der Waals surface area contributed by atoms with Crippen molar-refractivity contribution in [3.63, 3.8) is 0 Å². The quantitative estimate of drug-likeness (QED) is 0.730. The zero-order valence-corrected chi connectivity index (χ0v) is 7.17. The molecule has 1 aromatic heterocycles. The zero-order valence-electron chi connectivity index (χ0n) is 6.36. The van der Waals surface area contributed by atoms with Crippen molar-refractivity contribution in [3.05, 3.63) is 12.2 Å². The summed E-state index contributed by atoms with van der Waals surface area (Å²) in [4.78, 5) is 3.86. The highest BCUT2D eigenvalue weighted by molar-refractivity contribution is 7.98. The smallest absolute Gasteiger partial charge is 0.243 e. The van der Waals surface area contributed by atoms with E-state index >= 15 is 0 Å². The fraction of sp³-hybridized carbons (Fsp3) is 0.667. The Bertz CT molecular complexity index is 190. The average Bonchev–Trinajstić information content (AvgIpc) is 2.52. The molecule has 0 aliphatic heterocycles. The molecule has 0 aliphatic rings. The third-order valence-corrected chi connectivity index (χ3v) is 1.97. The number of hydrogen-bond acceptors (Lipinski definition) is 5. The highest BCUT2D eigenvalue weighted by atomic mass is 32.2. The Morgan fingerprint density at radius 2 is 2.64 bits per heavy atom. The summed E-state index contributed by atoms with van der Waals surface area (Å²) < 4.78 is 4.80. The van der Waals surface area contributed by atoms with Crippen LogP contribution in [0.3, 0.4) is 0 Å². The van der Waals surface area contributed by atoms with E-state index in [1.54, 1.807) is 11.8 Å². The summed E-state index contributed by atoms with van der Waals surface area (Å²) in [6.07, 6.45) is 4.29. The van der Waals surface area contributed by atoms with Crippen LogP contribution in [0.15, 0.2) is 10.9 Å². The highest BCUT2D eigenvalue weighted by Gasteiger charge is 2.09. The van der Waals surface area contributed by atoms with Crippen molar-refractivity contribution in [2.24, 2.45) is 5.73 Å². The molecule has 0 saturated heterocycles. The van der Waals surface area contributed by atoms with Gasteiger partial charge in [0.2, 0.25) is 5.89 Å². The molecule has 0 aliphatic carbocycles.